The van der Waals surface area contributed by atoms with Crippen molar-refractivity contribution in [3.63, 3.8) is 0 Å². The van der Waals surface area contributed by atoms with E-state index in [1.165, 1.54) is 22.2 Å². The first-order valence-electron chi connectivity index (χ1n) is 12.0. The lowest BCUT2D eigenvalue weighted by molar-refractivity contribution is 0.262. The highest BCUT2D eigenvalue weighted by Crippen LogP contribution is 2.36. The summed E-state index contributed by atoms with van der Waals surface area (Å²) in [6.07, 6.45) is 7.09. The van der Waals surface area contributed by atoms with Gasteiger partial charge in [-0.15, -0.1) is 0 Å². The van der Waals surface area contributed by atoms with Gasteiger partial charge >= 0.3 is 6.03 Å². The zero-order chi connectivity index (χ0) is 24.2. The van der Waals surface area contributed by atoms with Crippen LogP contribution in [0.15, 0.2) is 67.0 Å². The Bertz CT molecular complexity index is 1400. The molecule has 7 nitrogen and oxygen atoms in total. The number of aromatic nitrogens is 2. The van der Waals surface area contributed by atoms with E-state index >= 15 is 0 Å². The normalized spacial score (nSPS) is 15.5. The predicted molar refractivity (Wildman–Crippen MR) is 140 cm³/mol. The van der Waals surface area contributed by atoms with Crippen LogP contribution in [0.1, 0.15) is 42.4 Å². The van der Waals surface area contributed by atoms with E-state index in [0.717, 1.165) is 43.7 Å². The average molecular weight is 465 g/mol. The second kappa shape index (κ2) is 9.90. The number of nitriles is 1. The van der Waals surface area contributed by atoms with E-state index in [2.05, 4.69) is 56.7 Å². The van der Waals surface area contributed by atoms with Crippen molar-refractivity contribution in [1.29, 1.82) is 5.26 Å². The molecule has 3 heterocycles. The molecule has 1 saturated heterocycles. The van der Waals surface area contributed by atoms with Crippen LogP contribution in [0.5, 0.6) is 0 Å². The third kappa shape index (κ3) is 4.69. The van der Waals surface area contributed by atoms with Crippen LogP contribution < -0.4 is 15.5 Å². The van der Waals surface area contributed by atoms with Crippen molar-refractivity contribution in [1.82, 2.24) is 9.97 Å². The van der Waals surface area contributed by atoms with Gasteiger partial charge in [0.2, 0.25) is 0 Å². The fraction of sp³-hybridized carbons (Fsp3) is 0.250. The van der Waals surface area contributed by atoms with E-state index in [4.69, 9.17) is 0 Å². The van der Waals surface area contributed by atoms with Crippen LogP contribution in [-0.2, 0) is 6.42 Å². The molecule has 1 unspecified atom stereocenters. The van der Waals surface area contributed by atoms with Crippen molar-refractivity contribution < 1.29 is 4.79 Å². The van der Waals surface area contributed by atoms with Gasteiger partial charge in [-0.3, -0.25) is 0 Å². The van der Waals surface area contributed by atoms with E-state index in [1.54, 1.807) is 24.3 Å². The lowest BCUT2D eigenvalue weighted by Crippen LogP contribution is -2.35. The number of carbonyl (C=O) groups excluding carboxylic acids is 1. The van der Waals surface area contributed by atoms with Gasteiger partial charge in [-0.05, 0) is 60.7 Å². The standard InChI is InChI=1S/C28H28N6O/c1-2-19-17-31-27-24(12-13-30-27)26(19)34-14-6-9-22(18-34)20-8-5-10-23(15-20)32-28(35)33-25-11-4-3-7-21(25)16-29/h3-5,7-8,10-13,15,17,22H,2,6,9,14,18H2,1H3,(H,30,31)(H2,32,33,35). The first kappa shape index (κ1) is 22.5. The minimum absolute atomic E-state index is 0.361. The molecule has 176 valence electrons. The summed E-state index contributed by atoms with van der Waals surface area (Å²) in [7, 11) is 0. The topological polar surface area (TPSA) is 96.8 Å². The number of urea groups is 1. The third-order valence-electron chi connectivity index (χ3n) is 6.66. The smallest absolute Gasteiger partial charge is 0.323 e. The third-order valence-corrected chi connectivity index (χ3v) is 6.66. The summed E-state index contributed by atoms with van der Waals surface area (Å²) in [6, 6.07) is 18.9. The number of aryl methyl sites for hydroxylation is 1. The predicted octanol–water partition coefficient (Wildman–Crippen LogP) is 6.02. The molecule has 1 fully saturated rings. The van der Waals surface area contributed by atoms with Gasteiger partial charge in [-0.2, -0.15) is 5.26 Å². The van der Waals surface area contributed by atoms with Gasteiger partial charge in [0.05, 0.1) is 16.9 Å². The van der Waals surface area contributed by atoms with Gasteiger partial charge < -0.3 is 20.5 Å². The fourth-order valence-corrected chi connectivity index (χ4v) is 4.96. The van der Waals surface area contributed by atoms with E-state index in [9.17, 15) is 10.1 Å². The molecule has 0 saturated carbocycles. The molecule has 3 N–H and O–H groups in total. The number of nitrogens with one attached hydrogen (secondary N) is 3. The van der Waals surface area contributed by atoms with Crippen molar-refractivity contribution in [2.24, 2.45) is 0 Å². The Hall–Kier alpha value is -4.31. The SMILES string of the molecule is CCc1cnc2[nH]ccc2c1N1CCCC(c2cccc(NC(=O)Nc3ccccc3C#N)c2)C1. The Morgan fingerprint density at radius 1 is 1.20 bits per heavy atom. The number of nitrogens with zero attached hydrogens (tertiary/aromatic N) is 3. The van der Waals surface area contributed by atoms with Crippen LogP contribution in [0.25, 0.3) is 11.0 Å². The van der Waals surface area contributed by atoms with E-state index < -0.39 is 0 Å². The highest BCUT2D eigenvalue weighted by atomic mass is 16.2. The molecule has 0 aliphatic carbocycles. The molecule has 0 bridgehead atoms. The molecule has 7 heteroatoms. The molecule has 0 radical (unpaired) electrons. The minimum Gasteiger partial charge on any atom is -0.370 e. The second-order valence-electron chi connectivity index (χ2n) is 8.87. The number of pyridine rings is 1. The Morgan fingerprint density at radius 2 is 2.09 bits per heavy atom. The van der Waals surface area contributed by atoms with Gasteiger partial charge in [-0.1, -0.05) is 31.2 Å². The van der Waals surface area contributed by atoms with E-state index in [0.29, 0.717) is 17.2 Å². The van der Waals surface area contributed by atoms with Crippen LogP contribution in [0, 0.1) is 11.3 Å². The Labute approximate surface area is 204 Å². The summed E-state index contributed by atoms with van der Waals surface area (Å²) in [6.45, 7) is 4.12. The van der Waals surface area contributed by atoms with Crippen molar-refractivity contribution in [3.8, 4) is 6.07 Å². The number of para-hydroxylation sites is 1. The van der Waals surface area contributed by atoms with Crippen molar-refractivity contribution in [2.75, 3.05) is 28.6 Å². The summed E-state index contributed by atoms with van der Waals surface area (Å²) in [4.78, 5) is 22.9. The zero-order valence-corrected chi connectivity index (χ0v) is 19.7. The number of benzene rings is 2. The Kier molecular flexibility index (Phi) is 6.36. The first-order chi connectivity index (χ1) is 17.2. The highest BCUT2D eigenvalue weighted by molar-refractivity contribution is 6.00. The monoisotopic (exact) mass is 464 g/mol. The summed E-state index contributed by atoms with van der Waals surface area (Å²) in [5.41, 5.74) is 6.34. The van der Waals surface area contributed by atoms with Gasteiger partial charge in [0.15, 0.2) is 0 Å². The maximum Gasteiger partial charge on any atom is 0.323 e. The molecular weight excluding hydrogens is 436 g/mol. The van der Waals surface area contributed by atoms with Gasteiger partial charge in [0.25, 0.3) is 0 Å². The van der Waals surface area contributed by atoms with Crippen LogP contribution in [0.2, 0.25) is 0 Å². The quantitative estimate of drug-likeness (QED) is 0.336. The lowest BCUT2D eigenvalue weighted by Gasteiger charge is -2.36. The average Bonchev–Trinajstić information content (AvgIpc) is 3.37. The number of hydrogen-bond acceptors (Lipinski definition) is 4. The molecule has 35 heavy (non-hydrogen) atoms. The van der Waals surface area contributed by atoms with Crippen molar-refractivity contribution in [3.05, 3.63) is 83.7 Å². The van der Waals surface area contributed by atoms with Gasteiger partial charge in [0, 0.05) is 42.5 Å². The Balaban J connectivity index is 1.33. The molecule has 4 aromatic rings. The molecule has 2 amide bonds. The zero-order valence-electron chi connectivity index (χ0n) is 19.7. The van der Waals surface area contributed by atoms with Gasteiger partial charge in [-0.25, -0.2) is 9.78 Å². The maximum absolute atomic E-state index is 12.6. The number of aromatic amines is 1. The van der Waals surface area contributed by atoms with Crippen LogP contribution >= 0.6 is 0 Å². The van der Waals surface area contributed by atoms with E-state index in [1.807, 2.05) is 24.5 Å². The summed E-state index contributed by atoms with van der Waals surface area (Å²) < 4.78 is 0. The second-order valence-corrected chi connectivity index (χ2v) is 8.87. The molecule has 2 aromatic heterocycles. The number of rotatable bonds is 5. The number of hydrogen-bond donors (Lipinski definition) is 3. The van der Waals surface area contributed by atoms with E-state index in [-0.39, 0.29) is 6.03 Å². The molecule has 5 rings (SSSR count). The number of amides is 2. The lowest BCUT2D eigenvalue weighted by atomic mass is 9.89. The molecule has 1 aliphatic rings. The number of H-pyrrole nitrogens is 1. The largest absolute Gasteiger partial charge is 0.370 e. The van der Waals surface area contributed by atoms with Crippen molar-refractivity contribution in [2.45, 2.75) is 32.1 Å². The molecule has 1 atom stereocenters. The number of carbonyl (C=O) groups is 1. The summed E-state index contributed by atoms with van der Waals surface area (Å²) >= 11 is 0. The van der Waals surface area contributed by atoms with Crippen molar-refractivity contribution >= 4 is 34.1 Å². The molecular formula is C28H28N6O. The van der Waals surface area contributed by atoms with Crippen LogP contribution in [-0.4, -0.2) is 29.1 Å². The molecule has 0 spiro atoms. The highest BCUT2D eigenvalue weighted by Gasteiger charge is 2.25. The van der Waals surface area contributed by atoms with Crippen LogP contribution in [0.3, 0.4) is 0 Å². The molecule has 1 aliphatic heterocycles. The number of anilines is 3. The summed E-state index contributed by atoms with van der Waals surface area (Å²) in [5.74, 6) is 0.361. The first-order valence-corrected chi connectivity index (χ1v) is 12.0. The number of piperidine rings is 1. The van der Waals surface area contributed by atoms with Gasteiger partial charge in [0.1, 0.15) is 11.7 Å². The number of fused-ring (bicyclic) bond motifs is 1. The fourth-order valence-electron chi connectivity index (χ4n) is 4.96. The maximum atomic E-state index is 12.6. The molecule has 2 aromatic carbocycles. The Morgan fingerprint density at radius 3 is 2.94 bits per heavy atom. The van der Waals surface area contributed by atoms with Crippen LogP contribution in [0.4, 0.5) is 21.9 Å². The minimum atomic E-state index is -0.366. The summed E-state index contributed by atoms with van der Waals surface area (Å²) in [5, 5.41) is 16.1.